The summed E-state index contributed by atoms with van der Waals surface area (Å²) in [5.74, 6) is 2.05. The van der Waals surface area contributed by atoms with Gasteiger partial charge in [-0.3, -0.25) is 4.98 Å². The molecule has 3 aliphatic heterocycles. The maximum Gasteiger partial charge on any atom is 0.433 e. The Morgan fingerprint density at radius 1 is 0.906 bits per heavy atom. The van der Waals surface area contributed by atoms with E-state index in [9.17, 15) is 13.2 Å². The van der Waals surface area contributed by atoms with Crippen LogP contribution < -0.4 is 19.1 Å². The SMILES string of the molecule is FC(F)(F)c1ncccc1CN1CC2(COc3cc4c(cc32)OCCO4)c2ccccc21. The molecule has 1 atom stereocenters. The molecule has 0 N–H and O–H groups in total. The lowest BCUT2D eigenvalue weighted by Gasteiger charge is -2.27. The summed E-state index contributed by atoms with van der Waals surface area (Å²) in [5.41, 5.74) is 1.71. The zero-order valence-electron chi connectivity index (χ0n) is 17.0. The van der Waals surface area contributed by atoms with Crippen LogP contribution in [0.25, 0.3) is 0 Å². The number of nitrogens with zero attached hydrogens (tertiary/aromatic N) is 2. The molecular formula is C24H19F3N2O3. The van der Waals surface area contributed by atoms with Gasteiger partial charge in [0.15, 0.2) is 11.5 Å². The summed E-state index contributed by atoms with van der Waals surface area (Å²) >= 11 is 0. The molecule has 0 radical (unpaired) electrons. The van der Waals surface area contributed by atoms with E-state index < -0.39 is 17.3 Å². The van der Waals surface area contributed by atoms with E-state index in [1.54, 1.807) is 6.07 Å². The molecule has 0 aliphatic carbocycles. The molecule has 1 aromatic heterocycles. The van der Waals surface area contributed by atoms with Crippen LogP contribution in [0, 0.1) is 0 Å². The highest BCUT2D eigenvalue weighted by Crippen LogP contribution is 2.54. The summed E-state index contributed by atoms with van der Waals surface area (Å²) in [6, 6.07) is 14.7. The maximum atomic E-state index is 13.5. The molecule has 0 saturated carbocycles. The minimum Gasteiger partial charge on any atom is -0.492 e. The number of halogens is 3. The highest BCUT2D eigenvalue weighted by Gasteiger charge is 2.50. The van der Waals surface area contributed by atoms with Crippen molar-refractivity contribution in [2.24, 2.45) is 0 Å². The van der Waals surface area contributed by atoms with Gasteiger partial charge in [0.25, 0.3) is 0 Å². The molecule has 0 amide bonds. The average molecular weight is 440 g/mol. The lowest BCUT2D eigenvalue weighted by atomic mass is 9.77. The van der Waals surface area contributed by atoms with E-state index in [1.807, 2.05) is 41.3 Å². The number of ether oxygens (including phenoxy) is 3. The fourth-order valence-electron chi connectivity index (χ4n) is 5.01. The molecule has 3 aliphatic rings. The molecule has 4 heterocycles. The summed E-state index contributed by atoms with van der Waals surface area (Å²) in [6.07, 6.45) is -3.33. The quantitative estimate of drug-likeness (QED) is 0.584. The number of pyridine rings is 1. The predicted octanol–water partition coefficient (Wildman–Crippen LogP) is 4.57. The van der Waals surface area contributed by atoms with E-state index in [2.05, 4.69) is 4.98 Å². The van der Waals surface area contributed by atoms with Crippen molar-refractivity contribution < 1.29 is 27.4 Å². The normalized spacial score (nSPS) is 20.8. The van der Waals surface area contributed by atoms with Gasteiger partial charge < -0.3 is 19.1 Å². The lowest BCUT2D eigenvalue weighted by molar-refractivity contribution is -0.141. The zero-order chi connectivity index (χ0) is 21.9. The molecule has 2 aromatic carbocycles. The second-order valence-electron chi connectivity index (χ2n) is 8.24. The third kappa shape index (κ3) is 2.82. The van der Waals surface area contributed by atoms with Crippen LogP contribution >= 0.6 is 0 Å². The van der Waals surface area contributed by atoms with E-state index in [0.29, 0.717) is 37.9 Å². The smallest absolute Gasteiger partial charge is 0.433 e. The Morgan fingerprint density at radius 2 is 1.69 bits per heavy atom. The first kappa shape index (κ1) is 19.3. The summed E-state index contributed by atoms with van der Waals surface area (Å²) in [6.45, 7) is 1.95. The van der Waals surface area contributed by atoms with Crippen molar-refractivity contribution in [1.29, 1.82) is 0 Å². The first-order chi connectivity index (χ1) is 15.5. The fourth-order valence-corrected chi connectivity index (χ4v) is 5.01. The second-order valence-corrected chi connectivity index (χ2v) is 8.24. The molecule has 164 valence electrons. The van der Waals surface area contributed by atoms with Crippen molar-refractivity contribution in [2.45, 2.75) is 18.1 Å². The van der Waals surface area contributed by atoms with Gasteiger partial charge in [0.2, 0.25) is 0 Å². The van der Waals surface area contributed by atoms with Crippen LogP contribution in [-0.4, -0.2) is 31.3 Å². The molecule has 1 unspecified atom stereocenters. The summed E-state index contributed by atoms with van der Waals surface area (Å²) in [7, 11) is 0. The van der Waals surface area contributed by atoms with E-state index in [0.717, 1.165) is 22.6 Å². The first-order valence-corrected chi connectivity index (χ1v) is 10.4. The molecule has 1 spiro atoms. The number of para-hydroxylation sites is 1. The summed E-state index contributed by atoms with van der Waals surface area (Å²) in [5, 5.41) is 0. The Hall–Kier alpha value is -3.42. The Bertz CT molecular complexity index is 1210. The van der Waals surface area contributed by atoms with E-state index in [1.165, 1.54) is 12.3 Å². The van der Waals surface area contributed by atoms with Gasteiger partial charge in [-0.15, -0.1) is 0 Å². The molecule has 0 saturated heterocycles. The van der Waals surface area contributed by atoms with Gasteiger partial charge >= 0.3 is 6.18 Å². The number of fused-ring (bicyclic) bond motifs is 5. The van der Waals surface area contributed by atoms with Crippen molar-refractivity contribution in [3.63, 3.8) is 0 Å². The first-order valence-electron chi connectivity index (χ1n) is 10.4. The maximum absolute atomic E-state index is 13.5. The van der Waals surface area contributed by atoms with E-state index >= 15 is 0 Å². The molecule has 8 heteroatoms. The molecule has 3 aromatic rings. The van der Waals surface area contributed by atoms with Crippen LogP contribution in [0.4, 0.5) is 18.9 Å². The summed E-state index contributed by atoms with van der Waals surface area (Å²) in [4.78, 5) is 5.60. The highest BCUT2D eigenvalue weighted by atomic mass is 19.4. The Kier molecular flexibility index (Phi) is 4.09. The molecule has 6 rings (SSSR count). The van der Waals surface area contributed by atoms with Gasteiger partial charge in [0, 0.05) is 42.2 Å². The number of rotatable bonds is 2. The van der Waals surface area contributed by atoms with Crippen molar-refractivity contribution in [1.82, 2.24) is 4.98 Å². The minimum atomic E-state index is -4.51. The number of benzene rings is 2. The monoisotopic (exact) mass is 440 g/mol. The molecule has 0 bridgehead atoms. The molecule has 0 fully saturated rings. The van der Waals surface area contributed by atoms with Gasteiger partial charge in [-0.25, -0.2) is 0 Å². The lowest BCUT2D eigenvalue weighted by Crippen LogP contribution is -2.36. The largest absolute Gasteiger partial charge is 0.492 e. The number of hydrogen-bond donors (Lipinski definition) is 0. The molecule has 5 nitrogen and oxygen atoms in total. The fraction of sp³-hybridized carbons (Fsp3) is 0.292. The average Bonchev–Trinajstić information content (AvgIpc) is 3.30. The van der Waals surface area contributed by atoms with Gasteiger partial charge in [-0.05, 0) is 23.8 Å². The van der Waals surface area contributed by atoms with Crippen LogP contribution in [0.1, 0.15) is 22.4 Å². The minimum absolute atomic E-state index is 0.0985. The van der Waals surface area contributed by atoms with Crippen LogP contribution in [0.5, 0.6) is 17.2 Å². The summed E-state index contributed by atoms with van der Waals surface area (Å²) < 4.78 is 58.2. The van der Waals surface area contributed by atoms with Crippen molar-refractivity contribution in [2.75, 3.05) is 31.3 Å². The second kappa shape index (κ2) is 6.79. The molecule has 32 heavy (non-hydrogen) atoms. The Balaban J connectivity index is 1.43. The van der Waals surface area contributed by atoms with E-state index in [-0.39, 0.29) is 12.1 Å². The van der Waals surface area contributed by atoms with Crippen molar-refractivity contribution in [3.05, 3.63) is 77.1 Å². The van der Waals surface area contributed by atoms with Gasteiger partial charge in [0.05, 0.1) is 5.41 Å². The van der Waals surface area contributed by atoms with Crippen molar-refractivity contribution in [3.8, 4) is 17.2 Å². The number of aromatic nitrogens is 1. The molecular weight excluding hydrogens is 421 g/mol. The Labute approximate surface area is 182 Å². The topological polar surface area (TPSA) is 43.8 Å². The predicted molar refractivity (Wildman–Crippen MR) is 110 cm³/mol. The zero-order valence-corrected chi connectivity index (χ0v) is 17.0. The van der Waals surface area contributed by atoms with Gasteiger partial charge in [0.1, 0.15) is 31.3 Å². The van der Waals surface area contributed by atoms with Gasteiger partial charge in [-0.2, -0.15) is 13.2 Å². The van der Waals surface area contributed by atoms with Crippen LogP contribution in [0.15, 0.2) is 54.7 Å². The van der Waals surface area contributed by atoms with Crippen LogP contribution in [0.2, 0.25) is 0 Å². The standard InChI is InChI=1S/C24H19F3N2O3/c25-24(26,27)22-15(4-3-7-28-22)12-29-13-23(16-5-1-2-6-18(16)29)14-32-19-11-21-20(10-17(19)23)30-8-9-31-21/h1-7,10-11H,8-9,12-14H2. The third-order valence-electron chi connectivity index (χ3n) is 6.38. The number of alkyl halides is 3. The van der Waals surface area contributed by atoms with Gasteiger partial charge in [-0.1, -0.05) is 24.3 Å². The van der Waals surface area contributed by atoms with Crippen molar-refractivity contribution >= 4 is 5.69 Å². The van der Waals surface area contributed by atoms with Crippen LogP contribution in [-0.2, 0) is 18.1 Å². The Morgan fingerprint density at radius 3 is 2.50 bits per heavy atom. The number of hydrogen-bond acceptors (Lipinski definition) is 5. The highest BCUT2D eigenvalue weighted by molar-refractivity contribution is 5.71. The van der Waals surface area contributed by atoms with E-state index in [4.69, 9.17) is 14.2 Å². The third-order valence-corrected chi connectivity index (χ3v) is 6.38. The number of anilines is 1. The van der Waals surface area contributed by atoms with Crippen LogP contribution in [0.3, 0.4) is 0 Å².